The first-order chi connectivity index (χ1) is 15.5. The summed E-state index contributed by atoms with van der Waals surface area (Å²) in [6, 6.07) is 2.91. The normalized spacial score (nSPS) is 20.1. The number of fused-ring (bicyclic) bond motifs is 1. The van der Waals surface area contributed by atoms with E-state index in [1.807, 2.05) is 25.7 Å². The largest absolute Gasteiger partial charge is 0.444 e. The number of aryl methyl sites for hydroxylation is 1. The Morgan fingerprint density at radius 2 is 1.88 bits per heavy atom. The zero-order valence-corrected chi connectivity index (χ0v) is 19.1. The van der Waals surface area contributed by atoms with E-state index in [0.29, 0.717) is 48.6 Å². The van der Waals surface area contributed by atoms with E-state index in [1.54, 1.807) is 24.1 Å². The minimum absolute atomic E-state index is 0.0334. The highest BCUT2D eigenvalue weighted by Gasteiger charge is 2.54. The lowest BCUT2D eigenvalue weighted by atomic mass is 9.73. The number of amides is 4. The molecule has 10 nitrogen and oxygen atoms in total. The van der Waals surface area contributed by atoms with Gasteiger partial charge >= 0.3 is 12.1 Å². The number of nitrogens with zero attached hydrogens (tertiary/aromatic N) is 5. The first-order valence-corrected chi connectivity index (χ1v) is 11.0. The summed E-state index contributed by atoms with van der Waals surface area (Å²) in [5.74, 6) is -0.409. The van der Waals surface area contributed by atoms with Gasteiger partial charge in [-0.3, -0.25) is 19.7 Å². The van der Waals surface area contributed by atoms with Gasteiger partial charge in [0.1, 0.15) is 11.1 Å². The van der Waals surface area contributed by atoms with Crippen molar-refractivity contribution in [1.29, 1.82) is 0 Å². The molecule has 3 aliphatic rings. The van der Waals surface area contributed by atoms with Crippen molar-refractivity contribution in [1.82, 2.24) is 20.0 Å². The summed E-state index contributed by atoms with van der Waals surface area (Å²) in [6.07, 6.45) is -0.148. The minimum Gasteiger partial charge on any atom is -0.444 e. The van der Waals surface area contributed by atoms with E-state index < -0.39 is 17.4 Å². The van der Waals surface area contributed by atoms with Crippen LogP contribution in [-0.2, 0) is 16.6 Å². The van der Waals surface area contributed by atoms with Crippen molar-refractivity contribution in [2.75, 3.05) is 42.5 Å². The zero-order chi connectivity index (χ0) is 23.7. The molecular formula is C22H27FN6O4. The number of carbonyl (C=O) groups is 3. The Bertz CT molecular complexity index is 1170. The first-order valence-electron chi connectivity index (χ1n) is 11.0. The third-order valence-electron chi connectivity index (χ3n) is 6.31. The Morgan fingerprint density at radius 1 is 1.18 bits per heavy atom. The molecule has 176 valence electrons. The highest BCUT2D eigenvalue weighted by Crippen LogP contribution is 2.44. The Labute approximate surface area is 190 Å². The quantitative estimate of drug-likeness (QED) is 0.741. The molecule has 3 aliphatic heterocycles. The fourth-order valence-corrected chi connectivity index (χ4v) is 4.86. The lowest BCUT2D eigenvalue weighted by molar-refractivity contribution is -0.120. The predicted molar refractivity (Wildman–Crippen MR) is 119 cm³/mol. The fraction of sp³-hybridized carbons (Fsp3) is 0.545. The summed E-state index contributed by atoms with van der Waals surface area (Å²) < 4.78 is 22.4. The minimum atomic E-state index is -0.556. The number of ether oxygens (including phenoxy) is 1. The molecule has 1 N–H and O–H groups in total. The van der Waals surface area contributed by atoms with Crippen LogP contribution in [0.2, 0.25) is 0 Å². The highest BCUT2D eigenvalue weighted by atomic mass is 19.1. The maximum Gasteiger partial charge on any atom is 0.410 e. The Morgan fingerprint density at radius 3 is 2.52 bits per heavy atom. The molecule has 2 aromatic rings. The molecule has 11 heteroatoms. The third kappa shape index (κ3) is 3.55. The number of hydrogen-bond donors (Lipinski definition) is 1. The number of anilines is 2. The van der Waals surface area contributed by atoms with Gasteiger partial charge in [0.2, 0.25) is 5.91 Å². The van der Waals surface area contributed by atoms with Gasteiger partial charge in [-0.15, -0.1) is 0 Å². The lowest BCUT2D eigenvalue weighted by Gasteiger charge is -2.60. The smallest absolute Gasteiger partial charge is 0.410 e. The van der Waals surface area contributed by atoms with Crippen LogP contribution in [-0.4, -0.2) is 71.0 Å². The molecule has 0 radical (unpaired) electrons. The lowest BCUT2D eigenvalue weighted by Crippen LogP contribution is -2.73. The van der Waals surface area contributed by atoms with Crippen LogP contribution in [0.15, 0.2) is 12.1 Å². The Hall–Kier alpha value is -3.37. The van der Waals surface area contributed by atoms with Crippen LogP contribution in [0.5, 0.6) is 0 Å². The van der Waals surface area contributed by atoms with Crippen LogP contribution in [0.1, 0.15) is 27.2 Å². The van der Waals surface area contributed by atoms with Gasteiger partial charge in [0.15, 0.2) is 11.6 Å². The third-order valence-corrected chi connectivity index (χ3v) is 6.31. The topological polar surface area (TPSA) is 100 Å². The second-order valence-electron chi connectivity index (χ2n) is 10.2. The number of urea groups is 1. The van der Waals surface area contributed by atoms with Crippen LogP contribution in [0, 0.1) is 11.2 Å². The summed E-state index contributed by atoms with van der Waals surface area (Å²) in [5.41, 5.74) is 0.207. The SMILES string of the molecule is Cn1nc(N2CCC(=O)NC2=O)c2ccc(N3CC4(CN(C(=O)OC(C)(C)C)C4)C3)c(F)c21. The molecule has 5 rings (SSSR count). The number of benzene rings is 1. The molecule has 0 unspecified atom stereocenters. The molecule has 1 aromatic carbocycles. The monoisotopic (exact) mass is 458 g/mol. The van der Waals surface area contributed by atoms with Crippen LogP contribution >= 0.6 is 0 Å². The average molecular weight is 458 g/mol. The van der Waals surface area contributed by atoms with E-state index >= 15 is 4.39 Å². The molecule has 3 fully saturated rings. The molecule has 0 atom stereocenters. The summed E-state index contributed by atoms with van der Waals surface area (Å²) in [4.78, 5) is 40.9. The molecule has 4 heterocycles. The van der Waals surface area contributed by atoms with Gasteiger partial charge in [0, 0.05) is 57.0 Å². The van der Waals surface area contributed by atoms with Gasteiger partial charge in [-0.1, -0.05) is 0 Å². The van der Waals surface area contributed by atoms with Crippen LogP contribution in [0.4, 0.5) is 25.5 Å². The maximum atomic E-state index is 15.5. The Kier molecular flexibility index (Phi) is 4.60. The predicted octanol–water partition coefficient (Wildman–Crippen LogP) is 2.22. The van der Waals surface area contributed by atoms with Crippen molar-refractivity contribution in [2.24, 2.45) is 12.5 Å². The van der Waals surface area contributed by atoms with Crippen molar-refractivity contribution in [3.05, 3.63) is 17.9 Å². The number of aromatic nitrogens is 2. The number of hydrogen-bond acceptors (Lipinski definition) is 6. The van der Waals surface area contributed by atoms with Crippen LogP contribution < -0.4 is 15.1 Å². The zero-order valence-electron chi connectivity index (χ0n) is 19.1. The first kappa shape index (κ1) is 21.5. The van der Waals surface area contributed by atoms with Gasteiger partial charge in [-0.2, -0.15) is 5.10 Å². The molecule has 33 heavy (non-hydrogen) atoms. The van der Waals surface area contributed by atoms with E-state index in [4.69, 9.17) is 4.74 Å². The van der Waals surface area contributed by atoms with Crippen molar-refractivity contribution in [3.8, 4) is 0 Å². The molecule has 0 bridgehead atoms. The summed E-state index contributed by atoms with van der Waals surface area (Å²) in [6.45, 7) is 8.21. The molecule has 1 spiro atoms. The van der Waals surface area contributed by atoms with E-state index in [9.17, 15) is 14.4 Å². The second kappa shape index (κ2) is 7.06. The second-order valence-corrected chi connectivity index (χ2v) is 10.2. The summed E-state index contributed by atoms with van der Waals surface area (Å²) in [5, 5.41) is 7.14. The number of rotatable bonds is 2. The maximum absolute atomic E-state index is 15.5. The molecule has 1 aromatic heterocycles. The van der Waals surface area contributed by atoms with Gasteiger partial charge in [-0.05, 0) is 32.9 Å². The number of likely N-dealkylation sites (tertiary alicyclic amines) is 1. The molecule has 0 saturated carbocycles. The van der Waals surface area contributed by atoms with Gasteiger partial charge < -0.3 is 14.5 Å². The van der Waals surface area contributed by atoms with Gasteiger partial charge in [0.05, 0.1) is 5.69 Å². The molecule has 4 amide bonds. The summed E-state index contributed by atoms with van der Waals surface area (Å²) in [7, 11) is 1.63. The van der Waals surface area contributed by atoms with Gasteiger partial charge in [0.25, 0.3) is 0 Å². The fourth-order valence-electron chi connectivity index (χ4n) is 4.86. The van der Waals surface area contributed by atoms with E-state index in [0.717, 1.165) is 0 Å². The number of imide groups is 1. The van der Waals surface area contributed by atoms with Crippen molar-refractivity contribution < 1.29 is 23.5 Å². The number of carbonyl (C=O) groups excluding carboxylic acids is 3. The molecule has 0 aliphatic carbocycles. The van der Waals surface area contributed by atoms with Crippen molar-refractivity contribution in [3.63, 3.8) is 0 Å². The Balaban J connectivity index is 1.31. The number of nitrogens with one attached hydrogen (secondary N) is 1. The van der Waals surface area contributed by atoms with E-state index in [-0.39, 0.29) is 30.4 Å². The molecular weight excluding hydrogens is 431 g/mol. The number of halogens is 1. The van der Waals surface area contributed by atoms with Crippen LogP contribution in [0.25, 0.3) is 10.9 Å². The van der Waals surface area contributed by atoms with Gasteiger partial charge in [-0.25, -0.2) is 14.0 Å². The van der Waals surface area contributed by atoms with Crippen molar-refractivity contribution >= 4 is 40.4 Å². The van der Waals surface area contributed by atoms with Crippen LogP contribution in [0.3, 0.4) is 0 Å². The van der Waals surface area contributed by atoms with Crippen molar-refractivity contribution in [2.45, 2.75) is 32.8 Å². The van der Waals surface area contributed by atoms with E-state index in [1.165, 1.54) is 9.58 Å². The molecule has 3 saturated heterocycles. The summed E-state index contributed by atoms with van der Waals surface area (Å²) >= 11 is 0. The standard InChI is InChI=1S/C22H27FN6O4/c1-21(2,3)33-20(32)28-11-22(12-28)9-27(10-22)14-6-5-13-17(16(14)23)26(4)25-18(13)29-8-7-15(30)24-19(29)31/h5-6H,7-12H2,1-4H3,(H,24,30,31). The highest BCUT2D eigenvalue weighted by molar-refractivity contribution is 6.09. The average Bonchev–Trinajstić information content (AvgIpc) is 2.96. The van der Waals surface area contributed by atoms with E-state index in [2.05, 4.69) is 10.4 Å².